The van der Waals surface area contributed by atoms with E-state index in [-0.39, 0.29) is 6.42 Å². The monoisotopic (exact) mass is 184 g/mol. The van der Waals surface area contributed by atoms with Crippen LogP contribution in [0.15, 0.2) is 12.2 Å². The highest BCUT2D eigenvalue weighted by Crippen LogP contribution is 2.45. The van der Waals surface area contributed by atoms with Gasteiger partial charge in [0.25, 0.3) is 0 Å². The van der Waals surface area contributed by atoms with E-state index in [2.05, 4.69) is 0 Å². The molecule has 1 heterocycles. The summed E-state index contributed by atoms with van der Waals surface area (Å²) in [6, 6.07) is 0. The number of aliphatic carboxylic acids is 2. The molecule has 1 saturated heterocycles. The smallest absolute Gasteiger partial charge is 0.342 e. The quantitative estimate of drug-likeness (QED) is 0.461. The van der Waals surface area contributed by atoms with E-state index in [0.717, 1.165) is 0 Å². The van der Waals surface area contributed by atoms with Gasteiger partial charge in [0.1, 0.15) is 6.10 Å². The van der Waals surface area contributed by atoms with Crippen LogP contribution in [-0.2, 0) is 14.3 Å². The second-order valence-corrected chi connectivity index (χ2v) is 3.24. The Labute approximate surface area is 73.6 Å². The zero-order chi connectivity index (χ0) is 9.64. The average Bonchev–Trinajstić information content (AvgIpc) is 2.77. The van der Waals surface area contributed by atoms with E-state index in [1.807, 2.05) is 0 Å². The zero-order valence-corrected chi connectivity index (χ0v) is 6.64. The molecule has 13 heavy (non-hydrogen) atoms. The molecule has 1 fully saturated rings. The van der Waals surface area contributed by atoms with E-state index in [1.165, 1.54) is 12.2 Å². The summed E-state index contributed by atoms with van der Waals surface area (Å²) in [5, 5.41) is 17.4. The third-order valence-electron chi connectivity index (χ3n) is 2.45. The summed E-state index contributed by atoms with van der Waals surface area (Å²) in [6.45, 7) is 0. The van der Waals surface area contributed by atoms with Crippen molar-refractivity contribution in [2.75, 3.05) is 0 Å². The first-order valence-corrected chi connectivity index (χ1v) is 3.89. The maximum Gasteiger partial charge on any atom is 0.342 e. The molecule has 1 aliphatic heterocycles. The number of hydrogen-bond acceptors (Lipinski definition) is 3. The third kappa shape index (κ3) is 1.04. The van der Waals surface area contributed by atoms with Crippen LogP contribution in [-0.4, -0.2) is 33.9 Å². The Kier molecular flexibility index (Phi) is 1.47. The Morgan fingerprint density at radius 2 is 2.15 bits per heavy atom. The highest BCUT2D eigenvalue weighted by Gasteiger charge is 2.63. The van der Waals surface area contributed by atoms with Gasteiger partial charge in [0.05, 0.1) is 5.92 Å². The molecule has 0 aromatic heterocycles. The largest absolute Gasteiger partial charge is 0.481 e. The van der Waals surface area contributed by atoms with Crippen LogP contribution in [0.4, 0.5) is 0 Å². The fraction of sp³-hybridized carbons (Fsp3) is 0.500. The predicted molar refractivity (Wildman–Crippen MR) is 40.1 cm³/mol. The highest BCUT2D eigenvalue weighted by atomic mass is 16.6. The van der Waals surface area contributed by atoms with E-state index in [4.69, 9.17) is 14.9 Å². The van der Waals surface area contributed by atoms with Crippen molar-refractivity contribution in [3.05, 3.63) is 12.2 Å². The maximum atomic E-state index is 10.7. The number of fused-ring (bicyclic) bond motifs is 1. The lowest BCUT2D eigenvalue weighted by Crippen LogP contribution is -2.30. The van der Waals surface area contributed by atoms with E-state index in [1.54, 1.807) is 0 Å². The Morgan fingerprint density at radius 3 is 2.62 bits per heavy atom. The molecule has 0 aromatic rings. The number of epoxide rings is 1. The van der Waals surface area contributed by atoms with Crippen LogP contribution in [0.5, 0.6) is 0 Å². The van der Waals surface area contributed by atoms with E-state index < -0.39 is 29.6 Å². The van der Waals surface area contributed by atoms with Crippen LogP contribution in [0.25, 0.3) is 0 Å². The molecule has 70 valence electrons. The second kappa shape index (κ2) is 2.32. The molecule has 3 atom stereocenters. The minimum absolute atomic E-state index is 0.248. The summed E-state index contributed by atoms with van der Waals surface area (Å²) in [6.07, 6.45) is 2.51. The maximum absolute atomic E-state index is 10.7. The molecule has 5 heteroatoms. The van der Waals surface area contributed by atoms with Crippen molar-refractivity contribution < 1.29 is 24.5 Å². The fourth-order valence-electron chi connectivity index (χ4n) is 1.58. The SMILES string of the molecule is O=C(O)C1C=CC2(C(=O)O)OC2C1. The standard InChI is InChI=1S/C8H8O5/c9-6(10)4-1-2-8(7(11)12)5(3-4)13-8/h1-2,4-5H,3H2,(H,9,10)(H,11,12). The Morgan fingerprint density at radius 1 is 1.46 bits per heavy atom. The normalized spacial score (nSPS) is 40.9. The number of rotatable bonds is 2. The van der Waals surface area contributed by atoms with Gasteiger partial charge in [-0.3, -0.25) is 4.79 Å². The average molecular weight is 184 g/mol. The molecule has 5 nitrogen and oxygen atoms in total. The molecular formula is C8H8O5. The van der Waals surface area contributed by atoms with Crippen LogP contribution in [0.1, 0.15) is 6.42 Å². The van der Waals surface area contributed by atoms with Gasteiger partial charge in [0.2, 0.25) is 5.60 Å². The van der Waals surface area contributed by atoms with Crippen LogP contribution in [0, 0.1) is 5.92 Å². The van der Waals surface area contributed by atoms with E-state index in [9.17, 15) is 9.59 Å². The molecular weight excluding hydrogens is 176 g/mol. The van der Waals surface area contributed by atoms with Crippen molar-refractivity contribution in [1.29, 1.82) is 0 Å². The first-order chi connectivity index (χ1) is 6.06. The molecule has 3 unspecified atom stereocenters. The molecule has 2 N–H and O–H groups in total. The Balaban J connectivity index is 2.17. The van der Waals surface area contributed by atoms with Gasteiger partial charge in [-0.1, -0.05) is 6.08 Å². The number of carboxylic acid groups (broad SMARTS) is 2. The van der Waals surface area contributed by atoms with Crippen LogP contribution < -0.4 is 0 Å². The minimum Gasteiger partial charge on any atom is -0.481 e. The van der Waals surface area contributed by atoms with Crippen LogP contribution in [0.2, 0.25) is 0 Å². The van der Waals surface area contributed by atoms with Crippen molar-refractivity contribution in [3.63, 3.8) is 0 Å². The van der Waals surface area contributed by atoms with Gasteiger partial charge in [-0.05, 0) is 12.5 Å². The summed E-state index contributed by atoms with van der Waals surface area (Å²) >= 11 is 0. The van der Waals surface area contributed by atoms with Gasteiger partial charge in [-0.25, -0.2) is 4.79 Å². The fourth-order valence-corrected chi connectivity index (χ4v) is 1.58. The first-order valence-electron chi connectivity index (χ1n) is 3.89. The topological polar surface area (TPSA) is 87.1 Å². The third-order valence-corrected chi connectivity index (χ3v) is 2.45. The Hall–Kier alpha value is -1.36. The van der Waals surface area contributed by atoms with E-state index >= 15 is 0 Å². The lowest BCUT2D eigenvalue weighted by molar-refractivity contribution is -0.142. The molecule has 2 aliphatic rings. The number of ether oxygens (including phenoxy) is 1. The van der Waals surface area contributed by atoms with Gasteiger partial charge < -0.3 is 14.9 Å². The molecule has 0 radical (unpaired) electrons. The van der Waals surface area contributed by atoms with Gasteiger partial charge in [-0.2, -0.15) is 0 Å². The van der Waals surface area contributed by atoms with Gasteiger partial charge >= 0.3 is 11.9 Å². The molecule has 0 saturated carbocycles. The van der Waals surface area contributed by atoms with Gasteiger partial charge in [0, 0.05) is 0 Å². The summed E-state index contributed by atoms with van der Waals surface area (Å²) < 4.78 is 4.96. The summed E-state index contributed by atoms with van der Waals surface area (Å²) in [5.41, 5.74) is -1.22. The molecule has 1 aliphatic carbocycles. The van der Waals surface area contributed by atoms with Crippen molar-refractivity contribution >= 4 is 11.9 Å². The molecule has 0 spiro atoms. The lowest BCUT2D eigenvalue weighted by atomic mass is 9.89. The number of carboxylic acids is 2. The van der Waals surface area contributed by atoms with Crippen molar-refractivity contribution in [3.8, 4) is 0 Å². The zero-order valence-electron chi connectivity index (χ0n) is 6.64. The number of hydrogen-bond donors (Lipinski definition) is 2. The molecule has 0 bridgehead atoms. The van der Waals surface area contributed by atoms with Crippen molar-refractivity contribution in [2.45, 2.75) is 18.1 Å². The number of carbonyl (C=O) groups is 2. The van der Waals surface area contributed by atoms with Crippen molar-refractivity contribution in [1.82, 2.24) is 0 Å². The molecule has 2 rings (SSSR count). The van der Waals surface area contributed by atoms with Crippen LogP contribution >= 0.6 is 0 Å². The van der Waals surface area contributed by atoms with Gasteiger partial charge in [-0.15, -0.1) is 0 Å². The van der Waals surface area contributed by atoms with Gasteiger partial charge in [0.15, 0.2) is 0 Å². The van der Waals surface area contributed by atoms with E-state index in [0.29, 0.717) is 0 Å². The molecule has 0 aromatic carbocycles. The van der Waals surface area contributed by atoms with Crippen molar-refractivity contribution in [2.24, 2.45) is 5.92 Å². The first kappa shape index (κ1) is 8.25. The summed E-state index contributed by atoms with van der Waals surface area (Å²) in [4.78, 5) is 21.2. The Bertz CT molecular complexity index is 308. The predicted octanol–water partition coefficient (Wildman–Crippen LogP) is -0.131. The summed E-state index contributed by atoms with van der Waals surface area (Å²) in [5.74, 6) is -2.59. The highest BCUT2D eigenvalue weighted by molar-refractivity contribution is 5.86. The lowest BCUT2D eigenvalue weighted by Gasteiger charge is -2.11. The summed E-state index contributed by atoms with van der Waals surface area (Å²) in [7, 11) is 0. The van der Waals surface area contributed by atoms with Crippen LogP contribution in [0.3, 0.4) is 0 Å². The molecule has 0 amide bonds. The minimum atomic E-state index is -1.22. The second-order valence-electron chi connectivity index (χ2n) is 3.24.